The molecule has 0 radical (unpaired) electrons. The van der Waals surface area contributed by atoms with Gasteiger partial charge in [-0.15, -0.1) is 11.3 Å². The van der Waals surface area contributed by atoms with Crippen LogP contribution in [-0.2, 0) is 23.5 Å². The van der Waals surface area contributed by atoms with Crippen molar-refractivity contribution in [3.63, 3.8) is 0 Å². The molecule has 0 unspecified atom stereocenters. The molecule has 0 aliphatic heterocycles. The number of aryl methyl sites for hydroxylation is 2. The minimum atomic E-state index is -0.102. The van der Waals surface area contributed by atoms with Crippen molar-refractivity contribution in [3.8, 4) is 0 Å². The van der Waals surface area contributed by atoms with Crippen molar-refractivity contribution in [2.24, 2.45) is 0 Å². The first-order valence-corrected chi connectivity index (χ1v) is 13.2. The molecule has 7 nitrogen and oxygen atoms in total. The molecular formula is C23H22N4O3S3. The smallest absolute Gasteiger partial charge is 0.263 e. The molecule has 0 N–H and O–H groups in total. The van der Waals surface area contributed by atoms with Crippen LogP contribution in [0.25, 0.3) is 25.4 Å². The zero-order valence-electron chi connectivity index (χ0n) is 18.5. The third kappa shape index (κ3) is 3.90. The van der Waals surface area contributed by atoms with Crippen LogP contribution in [0.2, 0.25) is 0 Å². The molecule has 0 saturated heterocycles. The number of para-hydroxylation sites is 1. The number of thiophene rings is 1. The van der Waals surface area contributed by atoms with E-state index >= 15 is 0 Å². The van der Waals surface area contributed by atoms with Crippen molar-refractivity contribution in [1.82, 2.24) is 18.9 Å². The summed E-state index contributed by atoms with van der Waals surface area (Å²) in [6, 6.07) is 9.36. The van der Waals surface area contributed by atoms with E-state index in [0.29, 0.717) is 40.1 Å². The fourth-order valence-electron chi connectivity index (χ4n) is 3.98. The first-order chi connectivity index (χ1) is 16.0. The van der Waals surface area contributed by atoms with E-state index in [-0.39, 0.29) is 11.1 Å². The first-order valence-electron chi connectivity index (χ1n) is 10.6. The second kappa shape index (κ2) is 9.02. The molecule has 0 fully saturated rings. The lowest BCUT2D eigenvalue weighted by atomic mass is 10.1. The van der Waals surface area contributed by atoms with Gasteiger partial charge in [0.1, 0.15) is 4.83 Å². The standard InChI is InChI=1S/C23H22N4O3S3/c1-4-15-13(2)32-20-19(15)21(29)26(9-10-30-3)22(25-20)31-12-14-11-18(28)27-16-7-5-6-8-17(16)33-23(27)24-14/h5-8,11H,4,9-10,12H2,1-3H3. The Morgan fingerprint density at radius 1 is 1.15 bits per heavy atom. The SMILES string of the molecule is CCc1c(C)sc2nc(SCc3cc(=O)n4c(n3)sc3ccccc34)n(CCOC)c(=O)c12. The topological polar surface area (TPSA) is 78.5 Å². The van der Waals surface area contributed by atoms with Gasteiger partial charge in [0.2, 0.25) is 0 Å². The van der Waals surface area contributed by atoms with Crippen LogP contribution in [0.3, 0.4) is 0 Å². The van der Waals surface area contributed by atoms with Gasteiger partial charge < -0.3 is 4.74 Å². The zero-order chi connectivity index (χ0) is 23.1. The normalized spacial score (nSPS) is 11.8. The molecule has 5 aromatic rings. The van der Waals surface area contributed by atoms with Crippen LogP contribution in [0, 0.1) is 6.92 Å². The largest absolute Gasteiger partial charge is 0.383 e. The van der Waals surface area contributed by atoms with Crippen LogP contribution < -0.4 is 11.1 Å². The Kier molecular flexibility index (Phi) is 6.09. The highest BCUT2D eigenvalue weighted by atomic mass is 32.2. The van der Waals surface area contributed by atoms with Crippen LogP contribution in [0.15, 0.2) is 45.1 Å². The molecule has 0 amide bonds. The van der Waals surface area contributed by atoms with Crippen LogP contribution in [0.1, 0.15) is 23.1 Å². The van der Waals surface area contributed by atoms with Gasteiger partial charge in [-0.25, -0.2) is 9.97 Å². The maximum atomic E-state index is 13.4. The Labute approximate surface area is 201 Å². The minimum Gasteiger partial charge on any atom is -0.383 e. The predicted octanol–water partition coefficient (Wildman–Crippen LogP) is 4.49. The monoisotopic (exact) mass is 498 g/mol. The van der Waals surface area contributed by atoms with Crippen LogP contribution in [0.5, 0.6) is 0 Å². The molecule has 0 saturated carbocycles. The van der Waals surface area contributed by atoms with Gasteiger partial charge in [-0.1, -0.05) is 42.2 Å². The average Bonchev–Trinajstić information content (AvgIpc) is 3.33. The number of hydrogen-bond acceptors (Lipinski definition) is 8. The zero-order valence-corrected chi connectivity index (χ0v) is 20.9. The highest BCUT2D eigenvalue weighted by Crippen LogP contribution is 2.30. The van der Waals surface area contributed by atoms with Gasteiger partial charge in [-0.05, 0) is 31.0 Å². The molecule has 170 valence electrons. The maximum absolute atomic E-state index is 13.4. The number of benzene rings is 1. The molecule has 10 heteroatoms. The predicted molar refractivity (Wildman–Crippen MR) is 136 cm³/mol. The first kappa shape index (κ1) is 22.3. The van der Waals surface area contributed by atoms with Gasteiger partial charge in [-0.3, -0.25) is 18.6 Å². The van der Waals surface area contributed by atoms with Gasteiger partial charge in [0.15, 0.2) is 10.1 Å². The summed E-state index contributed by atoms with van der Waals surface area (Å²) in [6.07, 6.45) is 0.794. The van der Waals surface area contributed by atoms with E-state index in [1.165, 1.54) is 23.1 Å². The molecule has 0 atom stereocenters. The number of thioether (sulfide) groups is 1. The Balaban J connectivity index is 1.55. The number of methoxy groups -OCH3 is 1. The number of hydrogen-bond donors (Lipinski definition) is 0. The lowest BCUT2D eigenvalue weighted by Crippen LogP contribution is -2.25. The van der Waals surface area contributed by atoms with E-state index in [1.54, 1.807) is 33.5 Å². The second-order valence-corrected chi connectivity index (χ2v) is 10.7. The van der Waals surface area contributed by atoms with Crippen molar-refractivity contribution >= 4 is 59.8 Å². The van der Waals surface area contributed by atoms with Crippen LogP contribution >= 0.6 is 34.4 Å². The van der Waals surface area contributed by atoms with Gasteiger partial charge in [0.25, 0.3) is 11.1 Å². The fraction of sp³-hybridized carbons (Fsp3) is 0.304. The molecule has 0 aliphatic carbocycles. The van der Waals surface area contributed by atoms with Gasteiger partial charge in [0, 0.05) is 23.8 Å². The molecule has 1 aromatic carbocycles. The van der Waals surface area contributed by atoms with Crippen molar-refractivity contribution < 1.29 is 4.74 Å². The number of thiazole rings is 1. The molecule has 33 heavy (non-hydrogen) atoms. The number of nitrogens with zero attached hydrogens (tertiary/aromatic N) is 4. The van der Waals surface area contributed by atoms with Gasteiger partial charge in [0.05, 0.1) is 34.4 Å². The fourth-order valence-corrected chi connectivity index (χ4v) is 7.10. The van der Waals surface area contributed by atoms with E-state index < -0.39 is 0 Å². The summed E-state index contributed by atoms with van der Waals surface area (Å²) in [4.78, 5) is 38.3. The van der Waals surface area contributed by atoms with Crippen LogP contribution in [-0.4, -0.2) is 32.7 Å². The number of aromatic nitrogens is 4. The minimum absolute atomic E-state index is 0.0336. The summed E-state index contributed by atoms with van der Waals surface area (Å²) in [6.45, 7) is 4.93. The molecule has 5 rings (SSSR count). The molecule has 0 bridgehead atoms. The van der Waals surface area contributed by atoms with Crippen molar-refractivity contribution in [2.45, 2.75) is 37.7 Å². The second-order valence-electron chi connectivity index (χ2n) is 7.58. The summed E-state index contributed by atoms with van der Waals surface area (Å²) < 4.78 is 9.59. The Morgan fingerprint density at radius 2 is 1.97 bits per heavy atom. The quantitative estimate of drug-likeness (QED) is 0.243. The summed E-state index contributed by atoms with van der Waals surface area (Å²) >= 11 is 4.47. The van der Waals surface area contributed by atoms with E-state index in [4.69, 9.17) is 14.7 Å². The van der Waals surface area contributed by atoms with Crippen molar-refractivity contribution in [3.05, 3.63) is 67.2 Å². The number of ether oxygens (including phenoxy) is 1. The molecule has 0 aliphatic rings. The average molecular weight is 499 g/mol. The molecule has 4 aromatic heterocycles. The van der Waals surface area contributed by atoms with Gasteiger partial charge in [-0.2, -0.15) is 0 Å². The molecule has 4 heterocycles. The Hall–Kier alpha value is -2.53. The Bertz CT molecular complexity index is 1610. The number of fused-ring (bicyclic) bond motifs is 4. The summed E-state index contributed by atoms with van der Waals surface area (Å²) in [5.74, 6) is 0.440. The lowest BCUT2D eigenvalue weighted by molar-refractivity contribution is 0.183. The highest BCUT2D eigenvalue weighted by molar-refractivity contribution is 7.98. The third-order valence-corrected chi connectivity index (χ3v) is 8.62. The van der Waals surface area contributed by atoms with Crippen molar-refractivity contribution in [1.29, 1.82) is 0 Å². The molecule has 0 spiro atoms. The van der Waals surface area contributed by atoms with Gasteiger partial charge >= 0.3 is 0 Å². The summed E-state index contributed by atoms with van der Waals surface area (Å²) in [5.41, 5.74) is 2.47. The highest BCUT2D eigenvalue weighted by Gasteiger charge is 2.18. The van der Waals surface area contributed by atoms with Crippen LogP contribution in [0.4, 0.5) is 0 Å². The maximum Gasteiger partial charge on any atom is 0.263 e. The third-order valence-electron chi connectivity index (χ3n) is 5.55. The molecular weight excluding hydrogens is 476 g/mol. The van der Waals surface area contributed by atoms with E-state index in [2.05, 4.69) is 6.92 Å². The van der Waals surface area contributed by atoms with E-state index in [0.717, 1.165) is 31.9 Å². The van der Waals surface area contributed by atoms with Crippen molar-refractivity contribution in [2.75, 3.05) is 13.7 Å². The summed E-state index contributed by atoms with van der Waals surface area (Å²) in [5, 5.41) is 1.33. The number of rotatable bonds is 7. The Morgan fingerprint density at radius 3 is 2.76 bits per heavy atom. The lowest BCUT2D eigenvalue weighted by Gasteiger charge is -2.12. The van der Waals surface area contributed by atoms with E-state index in [9.17, 15) is 9.59 Å². The summed E-state index contributed by atoms with van der Waals surface area (Å²) in [7, 11) is 1.62. The van der Waals surface area contributed by atoms with E-state index in [1.807, 2.05) is 31.2 Å².